The van der Waals surface area contributed by atoms with E-state index < -0.39 is 0 Å². The van der Waals surface area contributed by atoms with E-state index in [-0.39, 0.29) is 0 Å². The fourth-order valence-electron chi connectivity index (χ4n) is 1.74. The molecule has 1 aromatic heterocycles. The minimum absolute atomic E-state index is 0.301. The average Bonchev–Trinajstić information content (AvgIpc) is 2.42. The van der Waals surface area contributed by atoms with Crippen LogP contribution in [0.3, 0.4) is 0 Å². The average molecular weight is 225 g/mol. The smallest absolute Gasteiger partial charge is 0.0748 e. The van der Waals surface area contributed by atoms with Gasteiger partial charge in [0.1, 0.15) is 0 Å². The molecular weight excluding hydrogens is 206 g/mol. The van der Waals surface area contributed by atoms with Crippen molar-refractivity contribution in [2.24, 2.45) is 5.73 Å². The van der Waals surface area contributed by atoms with Crippen molar-refractivity contribution in [1.29, 1.82) is 0 Å². The van der Waals surface area contributed by atoms with Gasteiger partial charge >= 0.3 is 0 Å². The van der Waals surface area contributed by atoms with Gasteiger partial charge < -0.3 is 5.73 Å². The van der Waals surface area contributed by atoms with Crippen LogP contribution in [0.25, 0.3) is 0 Å². The summed E-state index contributed by atoms with van der Waals surface area (Å²) < 4.78 is 2.06. The number of nitrogens with zero attached hydrogens (tertiary/aromatic N) is 2. The highest BCUT2D eigenvalue weighted by molar-refractivity contribution is 7.80. The molecule has 1 aromatic rings. The highest BCUT2D eigenvalue weighted by atomic mass is 32.1. The second-order valence-corrected chi connectivity index (χ2v) is 4.50. The first-order chi connectivity index (χ1) is 6.97. The third-order valence-electron chi connectivity index (χ3n) is 2.94. The Morgan fingerprint density at radius 2 is 2.07 bits per heavy atom. The van der Waals surface area contributed by atoms with E-state index in [0.29, 0.717) is 11.0 Å². The van der Waals surface area contributed by atoms with Crippen molar-refractivity contribution in [3.8, 4) is 0 Å². The quantitative estimate of drug-likeness (QED) is 0.800. The summed E-state index contributed by atoms with van der Waals surface area (Å²) in [6.07, 6.45) is 1.73. The SMILES string of the molecule is CCC(CC(N)=S)n1nc(C)c(C)c1C. The van der Waals surface area contributed by atoms with Crippen molar-refractivity contribution in [2.45, 2.75) is 46.6 Å². The standard InChI is InChI=1S/C11H19N3S/c1-5-10(6-11(12)15)14-9(4)7(2)8(3)13-14/h10H,5-6H2,1-4H3,(H2,12,15). The van der Waals surface area contributed by atoms with Crippen molar-refractivity contribution in [1.82, 2.24) is 9.78 Å². The first-order valence-electron chi connectivity index (χ1n) is 5.28. The van der Waals surface area contributed by atoms with Crippen molar-refractivity contribution >= 4 is 17.2 Å². The van der Waals surface area contributed by atoms with E-state index in [9.17, 15) is 0 Å². The minimum Gasteiger partial charge on any atom is -0.393 e. The zero-order valence-electron chi connectivity index (χ0n) is 9.87. The van der Waals surface area contributed by atoms with Gasteiger partial charge in [0.25, 0.3) is 0 Å². The van der Waals surface area contributed by atoms with Crippen LogP contribution in [-0.4, -0.2) is 14.8 Å². The van der Waals surface area contributed by atoms with Crippen LogP contribution in [0.1, 0.15) is 42.8 Å². The molecule has 0 fully saturated rings. The largest absolute Gasteiger partial charge is 0.393 e. The molecule has 1 unspecified atom stereocenters. The number of thiocarbonyl (C=S) groups is 1. The Morgan fingerprint density at radius 3 is 2.40 bits per heavy atom. The zero-order chi connectivity index (χ0) is 11.6. The van der Waals surface area contributed by atoms with Gasteiger partial charge in [-0.3, -0.25) is 4.68 Å². The number of nitrogens with two attached hydrogens (primary N) is 1. The Kier molecular flexibility index (Phi) is 3.85. The van der Waals surface area contributed by atoms with Crippen LogP contribution < -0.4 is 5.73 Å². The number of rotatable bonds is 4. The Hall–Kier alpha value is -0.900. The maximum atomic E-state index is 5.59. The summed E-state index contributed by atoms with van der Waals surface area (Å²) >= 11 is 4.96. The third kappa shape index (κ3) is 2.56. The molecule has 15 heavy (non-hydrogen) atoms. The van der Waals surface area contributed by atoms with Gasteiger partial charge in [0.05, 0.1) is 16.7 Å². The van der Waals surface area contributed by atoms with E-state index >= 15 is 0 Å². The Morgan fingerprint density at radius 1 is 1.47 bits per heavy atom. The molecule has 0 radical (unpaired) electrons. The lowest BCUT2D eigenvalue weighted by molar-refractivity contribution is 0.443. The lowest BCUT2D eigenvalue weighted by Crippen LogP contribution is -2.19. The van der Waals surface area contributed by atoms with Gasteiger partial charge in [-0.15, -0.1) is 0 Å². The summed E-state index contributed by atoms with van der Waals surface area (Å²) in [7, 11) is 0. The lowest BCUT2D eigenvalue weighted by atomic mass is 10.1. The van der Waals surface area contributed by atoms with E-state index in [2.05, 4.69) is 30.6 Å². The first kappa shape index (κ1) is 12.2. The molecule has 1 heterocycles. The van der Waals surface area contributed by atoms with Gasteiger partial charge in [0, 0.05) is 12.1 Å². The third-order valence-corrected chi connectivity index (χ3v) is 3.11. The van der Waals surface area contributed by atoms with Gasteiger partial charge in [-0.05, 0) is 32.8 Å². The predicted octanol–water partition coefficient (Wildman–Crippen LogP) is 2.44. The first-order valence-corrected chi connectivity index (χ1v) is 5.68. The van der Waals surface area contributed by atoms with Crippen LogP contribution in [0.2, 0.25) is 0 Å². The molecule has 0 amide bonds. The van der Waals surface area contributed by atoms with Crippen LogP contribution in [0.4, 0.5) is 0 Å². The minimum atomic E-state index is 0.301. The maximum absolute atomic E-state index is 5.59. The van der Waals surface area contributed by atoms with Crippen molar-refractivity contribution < 1.29 is 0 Å². The molecule has 1 atom stereocenters. The summed E-state index contributed by atoms with van der Waals surface area (Å²) in [4.78, 5) is 0.562. The summed E-state index contributed by atoms with van der Waals surface area (Å²) in [5.41, 5.74) is 9.16. The Labute approximate surface area is 96.7 Å². The second-order valence-electron chi connectivity index (χ2n) is 3.97. The maximum Gasteiger partial charge on any atom is 0.0748 e. The van der Waals surface area contributed by atoms with E-state index in [1.807, 2.05) is 6.92 Å². The molecule has 2 N–H and O–H groups in total. The number of aromatic nitrogens is 2. The highest BCUT2D eigenvalue weighted by Crippen LogP contribution is 2.21. The van der Waals surface area contributed by atoms with Crippen molar-refractivity contribution in [2.75, 3.05) is 0 Å². The van der Waals surface area contributed by atoms with Crippen molar-refractivity contribution in [3.05, 3.63) is 17.0 Å². The van der Waals surface area contributed by atoms with E-state index in [0.717, 1.165) is 18.5 Å². The van der Waals surface area contributed by atoms with Gasteiger partial charge in [-0.25, -0.2) is 0 Å². The van der Waals surface area contributed by atoms with Gasteiger partial charge in [-0.2, -0.15) is 5.10 Å². The number of hydrogen-bond donors (Lipinski definition) is 1. The van der Waals surface area contributed by atoms with Gasteiger partial charge in [0.15, 0.2) is 0 Å². The molecule has 0 aliphatic carbocycles. The Bertz CT molecular complexity index is 368. The van der Waals surface area contributed by atoms with Crippen LogP contribution in [0.15, 0.2) is 0 Å². The summed E-state index contributed by atoms with van der Waals surface area (Å²) in [6.45, 7) is 8.36. The van der Waals surface area contributed by atoms with Crippen LogP contribution in [0.5, 0.6) is 0 Å². The molecule has 3 nitrogen and oxygen atoms in total. The lowest BCUT2D eigenvalue weighted by Gasteiger charge is -2.16. The summed E-state index contributed by atoms with van der Waals surface area (Å²) in [5.74, 6) is 0. The fraction of sp³-hybridized carbons (Fsp3) is 0.636. The zero-order valence-corrected chi connectivity index (χ0v) is 10.7. The van der Waals surface area contributed by atoms with Crippen LogP contribution in [-0.2, 0) is 0 Å². The van der Waals surface area contributed by atoms with E-state index in [1.54, 1.807) is 0 Å². The normalized spacial score (nSPS) is 12.8. The molecule has 0 saturated heterocycles. The molecule has 84 valence electrons. The molecule has 0 aromatic carbocycles. The molecule has 0 spiro atoms. The van der Waals surface area contributed by atoms with E-state index in [1.165, 1.54) is 11.3 Å². The number of aryl methyl sites for hydroxylation is 1. The van der Waals surface area contributed by atoms with Gasteiger partial charge in [0.2, 0.25) is 0 Å². The van der Waals surface area contributed by atoms with Crippen molar-refractivity contribution in [3.63, 3.8) is 0 Å². The summed E-state index contributed by atoms with van der Waals surface area (Å²) in [5, 5.41) is 4.54. The molecular formula is C11H19N3S. The molecule has 0 aliphatic rings. The predicted molar refractivity (Wildman–Crippen MR) is 67.2 cm³/mol. The molecule has 0 aliphatic heterocycles. The van der Waals surface area contributed by atoms with E-state index in [4.69, 9.17) is 18.0 Å². The van der Waals surface area contributed by atoms with Crippen LogP contribution in [0, 0.1) is 20.8 Å². The fourth-order valence-corrected chi connectivity index (χ4v) is 1.93. The monoisotopic (exact) mass is 225 g/mol. The molecule has 4 heteroatoms. The molecule has 1 rings (SSSR count). The topological polar surface area (TPSA) is 43.8 Å². The summed E-state index contributed by atoms with van der Waals surface area (Å²) in [6, 6.07) is 0.301. The molecule has 0 bridgehead atoms. The Balaban J connectivity index is 3.01. The van der Waals surface area contributed by atoms with Crippen LogP contribution >= 0.6 is 12.2 Å². The second kappa shape index (κ2) is 4.75. The molecule has 0 saturated carbocycles. The number of hydrogen-bond acceptors (Lipinski definition) is 2. The van der Waals surface area contributed by atoms with Gasteiger partial charge in [-0.1, -0.05) is 19.1 Å². The highest BCUT2D eigenvalue weighted by Gasteiger charge is 2.15.